The lowest BCUT2D eigenvalue weighted by Gasteiger charge is -2.10. The maximum absolute atomic E-state index is 13.5. The Bertz CT molecular complexity index is 854. The molecule has 6 heteroatoms. The Morgan fingerprint density at radius 2 is 2.00 bits per heavy atom. The zero-order valence-corrected chi connectivity index (χ0v) is 14.5. The number of amides is 1. The number of carbonyl (C=O) groups is 1. The molecule has 0 unspecified atom stereocenters. The van der Waals surface area contributed by atoms with E-state index in [4.69, 9.17) is 0 Å². The molecule has 3 rings (SSSR count). The van der Waals surface area contributed by atoms with Crippen LogP contribution < -0.4 is 5.32 Å². The Hall–Kier alpha value is -2.47. The molecule has 1 heterocycles. The van der Waals surface area contributed by atoms with Crippen molar-refractivity contribution in [3.8, 4) is 11.4 Å². The topological polar surface area (TPSA) is 46.9 Å². The van der Waals surface area contributed by atoms with Gasteiger partial charge in [0.05, 0.1) is 0 Å². The van der Waals surface area contributed by atoms with Gasteiger partial charge in [-0.15, -0.1) is 0 Å². The number of nitrogens with zero attached hydrogens (tertiary/aromatic N) is 2. The van der Waals surface area contributed by atoms with Crippen LogP contribution in [-0.4, -0.2) is 15.5 Å². The summed E-state index contributed by atoms with van der Waals surface area (Å²) >= 11 is 3.31. The van der Waals surface area contributed by atoms with Gasteiger partial charge in [-0.1, -0.05) is 15.9 Å². The molecule has 0 spiro atoms. The monoisotopic (exact) mass is 387 g/mol. The van der Waals surface area contributed by atoms with Crippen molar-refractivity contribution >= 4 is 27.5 Å². The molecule has 0 saturated carbocycles. The van der Waals surface area contributed by atoms with Crippen molar-refractivity contribution in [1.82, 2.24) is 9.55 Å². The molecule has 0 atom stereocenters. The Morgan fingerprint density at radius 3 is 2.67 bits per heavy atom. The van der Waals surface area contributed by atoms with Crippen LogP contribution in [0.25, 0.3) is 11.4 Å². The molecule has 24 heavy (non-hydrogen) atoms. The van der Waals surface area contributed by atoms with Crippen LogP contribution in [-0.2, 0) is 11.3 Å². The first-order valence-electron chi connectivity index (χ1n) is 7.35. The SMILES string of the molecule is CC(=O)Nc1ccc(-c2nccn2Cc2cc(F)cc(Br)c2)cc1. The van der Waals surface area contributed by atoms with Gasteiger partial charge in [0.15, 0.2) is 0 Å². The first-order chi connectivity index (χ1) is 11.5. The van der Waals surface area contributed by atoms with Gasteiger partial charge in [-0.3, -0.25) is 4.79 Å². The van der Waals surface area contributed by atoms with Crippen molar-refractivity contribution in [2.45, 2.75) is 13.5 Å². The van der Waals surface area contributed by atoms with E-state index in [2.05, 4.69) is 26.2 Å². The molecule has 4 nitrogen and oxygen atoms in total. The summed E-state index contributed by atoms with van der Waals surface area (Å²) in [5, 5.41) is 2.73. The second-order valence-electron chi connectivity index (χ2n) is 5.41. The number of rotatable bonds is 4. The van der Waals surface area contributed by atoms with E-state index in [1.165, 1.54) is 19.1 Å². The van der Waals surface area contributed by atoms with Crippen LogP contribution in [0.4, 0.5) is 10.1 Å². The summed E-state index contributed by atoms with van der Waals surface area (Å²) in [6.45, 7) is 1.98. The normalized spacial score (nSPS) is 10.6. The van der Waals surface area contributed by atoms with E-state index in [9.17, 15) is 9.18 Å². The smallest absolute Gasteiger partial charge is 0.221 e. The first kappa shape index (κ1) is 16.4. The van der Waals surface area contributed by atoms with E-state index in [0.717, 1.165) is 22.6 Å². The summed E-state index contributed by atoms with van der Waals surface area (Å²) in [7, 11) is 0. The largest absolute Gasteiger partial charge is 0.327 e. The maximum Gasteiger partial charge on any atom is 0.221 e. The fourth-order valence-electron chi connectivity index (χ4n) is 2.50. The van der Waals surface area contributed by atoms with Gasteiger partial charge in [0, 0.05) is 41.6 Å². The molecule has 0 saturated heterocycles. The Balaban J connectivity index is 1.86. The maximum atomic E-state index is 13.5. The molecule has 3 aromatic rings. The summed E-state index contributed by atoms with van der Waals surface area (Å²) in [6.07, 6.45) is 3.57. The number of carbonyl (C=O) groups excluding carboxylic acids is 1. The Morgan fingerprint density at radius 1 is 1.25 bits per heavy atom. The third kappa shape index (κ3) is 3.89. The molecular weight excluding hydrogens is 373 g/mol. The van der Waals surface area contributed by atoms with Crippen LogP contribution in [0.5, 0.6) is 0 Å². The van der Waals surface area contributed by atoms with Gasteiger partial charge >= 0.3 is 0 Å². The third-order valence-corrected chi connectivity index (χ3v) is 3.91. The average Bonchev–Trinajstić information content (AvgIpc) is 2.94. The molecule has 0 aliphatic carbocycles. The van der Waals surface area contributed by atoms with E-state index in [1.54, 1.807) is 6.20 Å². The second-order valence-corrected chi connectivity index (χ2v) is 6.33. The van der Waals surface area contributed by atoms with Crippen molar-refractivity contribution < 1.29 is 9.18 Å². The molecule has 1 amide bonds. The van der Waals surface area contributed by atoms with Gasteiger partial charge in [-0.05, 0) is 48.0 Å². The highest BCUT2D eigenvalue weighted by Crippen LogP contribution is 2.22. The van der Waals surface area contributed by atoms with Gasteiger partial charge in [0.25, 0.3) is 0 Å². The lowest BCUT2D eigenvalue weighted by atomic mass is 10.1. The van der Waals surface area contributed by atoms with Crippen LogP contribution in [0.15, 0.2) is 59.3 Å². The zero-order valence-electron chi connectivity index (χ0n) is 13.0. The van der Waals surface area contributed by atoms with Crippen LogP contribution in [0.1, 0.15) is 12.5 Å². The minimum absolute atomic E-state index is 0.110. The van der Waals surface area contributed by atoms with Gasteiger partial charge < -0.3 is 9.88 Å². The lowest BCUT2D eigenvalue weighted by Crippen LogP contribution is -2.05. The number of aromatic nitrogens is 2. The van der Waals surface area contributed by atoms with Crippen molar-refractivity contribution in [3.63, 3.8) is 0 Å². The summed E-state index contributed by atoms with van der Waals surface area (Å²) in [5.41, 5.74) is 2.50. The van der Waals surface area contributed by atoms with Gasteiger partial charge in [-0.2, -0.15) is 0 Å². The Labute approximate surface area is 147 Å². The molecule has 1 N–H and O–H groups in total. The summed E-state index contributed by atoms with van der Waals surface area (Å²) in [6, 6.07) is 12.3. The Kier molecular flexibility index (Phi) is 4.76. The number of hydrogen-bond donors (Lipinski definition) is 1. The minimum Gasteiger partial charge on any atom is -0.327 e. The van der Waals surface area contributed by atoms with Gasteiger partial charge in [0.1, 0.15) is 11.6 Å². The predicted octanol–water partition coefficient (Wildman–Crippen LogP) is 4.46. The summed E-state index contributed by atoms with van der Waals surface area (Å²) in [4.78, 5) is 15.5. The molecule has 122 valence electrons. The van der Waals surface area contributed by atoms with E-state index < -0.39 is 0 Å². The van der Waals surface area contributed by atoms with Gasteiger partial charge in [0.2, 0.25) is 5.91 Å². The molecule has 1 aromatic heterocycles. The van der Waals surface area contributed by atoms with E-state index in [-0.39, 0.29) is 11.7 Å². The molecular formula is C18H15BrFN3O. The van der Waals surface area contributed by atoms with Crippen LogP contribution in [0.3, 0.4) is 0 Å². The number of halogens is 2. The van der Waals surface area contributed by atoms with E-state index in [0.29, 0.717) is 11.0 Å². The van der Waals surface area contributed by atoms with E-state index in [1.807, 2.05) is 41.1 Å². The highest BCUT2D eigenvalue weighted by molar-refractivity contribution is 9.10. The third-order valence-electron chi connectivity index (χ3n) is 3.45. The summed E-state index contributed by atoms with van der Waals surface area (Å²) in [5.74, 6) is 0.395. The molecule has 0 bridgehead atoms. The lowest BCUT2D eigenvalue weighted by molar-refractivity contribution is -0.114. The highest BCUT2D eigenvalue weighted by Gasteiger charge is 2.08. The fraction of sp³-hybridized carbons (Fsp3) is 0.111. The second kappa shape index (κ2) is 6.97. The van der Waals surface area contributed by atoms with E-state index >= 15 is 0 Å². The highest BCUT2D eigenvalue weighted by atomic mass is 79.9. The van der Waals surface area contributed by atoms with Crippen molar-refractivity contribution in [1.29, 1.82) is 0 Å². The molecule has 0 radical (unpaired) electrons. The van der Waals surface area contributed by atoms with Crippen LogP contribution in [0.2, 0.25) is 0 Å². The number of hydrogen-bond acceptors (Lipinski definition) is 2. The number of nitrogens with one attached hydrogen (secondary N) is 1. The minimum atomic E-state index is -0.277. The fourth-order valence-corrected chi connectivity index (χ4v) is 3.01. The standard InChI is InChI=1S/C18H15BrFN3O/c1-12(24)22-17-4-2-14(3-5-17)18-21-6-7-23(18)11-13-8-15(19)10-16(20)9-13/h2-10H,11H2,1H3,(H,22,24). The number of imidazole rings is 1. The predicted molar refractivity (Wildman–Crippen MR) is 95.2 cm³/mol. The van der Waals surface area contributed by atoms with Crippen molar-refractivity contribution in [2.24, 2.45) is 0 Å². The van der Waals surface area contributed by atoms with Crippen LogP contribution >= 0.6 is 15.9 Å². The van der Waals surface area contributed by atoms with Gasteiger partial charge in [-0.25, -0.2) is 9.37 Å². The zero-order chi connectivity index (χ0) is 17.1. The number of anilines is 1. The van der Waals surface area contributed by atoms with Crippen molar-refractivity contribution in [2.75, 3.05) is 5.32 Å². The summed E-state index contributed by atoms with van der Waals surface area (Å²) < 4.78 is 16.2. The van der Waals surface area contributed by atoms with Crippen molar-refractivity contribution in [3.05, 3.63) is 70.7 Å². The molecule has 0 aliphatic rings. The quantitative estimate of drug-likeness (QED) is 0.718. The average molecular weight is 388 g/mol. The molecule has 0 fully saturated rings. The van der Waals surface area contributed by atoms with Crippen LogP contribution in [0, 0.1) is 5.82 Å². The number of benzene rings is 2. The molecule has 0 aliphatic heterocycles. The molecule has 2 aromatic carbocycles. The first-order valence-corrected chi connectivity index (χ1v) is 8.15.